The predicted octanol–water partition coefficient (Wildman–Crippen LogP) is -0.263. The van der Waals surface area contributed by atoms with Gasteiger partial charge in [-0.05, 0) is 0 Å². The lowest BCUT2D eigenvalue weighted by Crippen LogP contribution is -2.60. The largest absolute Gasteiger partial charge is 0.463 e. The molecule has 1 heterocycles. The summed E-state index contributed by atoms with van der Waals surface area (Å²) in [7, 11) is 0. The summed E-state index contributed by atoms with van der Waals surface area (Å²) in [6, 6.07) is 0. The molecule has 1 fully saturated rings. The van der Waals surface area contributed by atoms with Crippen molar-refractivity contribution in [1.29, 1.82) is 0 Å². The summed E-state index contributed by atoms with van der Waals surface area (Å²) in [5.74, 6) is -1.93. The topological polar surface area (TPSA) is 108 Å². The van der Waals surface area contributed by atoms with E-state index < -0.39 is 47.9 Å². The number of carbonyl (C=O) groups excluding carboxylic acids is 3. The van der Waals surface area contributed by atoms with Crippen molar-refractivity contribution >= 4 is 29.5 Å². The van der Waals surface area contributed by atoms with Crippen LogP contribution in [0.15, 0.2) is 0 Å². The lowest BCUT2D eigenvalue weighted by atomic mass is 9.99. The summed E-state index contributed by atoms with van der Waals surface area (Å²) in [6.45, 7) is 3.21. The van der Waals surface area contributed by atoms with Crippen molar-refractivity contribution in [2.75, 3.05) is 6.61 Å². The number of hydrogen-bond acceptors (Lipinski definition) is 8. The molecule has 0 aromatic heterocycles. The summed E-state index contributed by atoms with van der Waals surface area (Å²) < 4.78 is 20.0. The van der Waals surface area contributed by atoms with Crippen LogP contribution in [0.5, 0.6) is 0 Å². The maximum Gasteiger partial charge on any atom is 0.303 e. The fourth-order valence-electron chi connectivity index (χ4n) is 1.88. The van der Waals surface area contributed by atoms with Crippen LogP contribution in [0.3, 0.4) is 0 Å². The van der Waals surface area contributed by atoms with Crippen LogP contribution in [0, 0.1) is 0 Å². The smallest absolute Gasteiger partial charge is 0.303 e. The molecule has 0 aromatic rings. The van der Waals surface area contributed by atoms with Crippen LogP contribution in [0.2, 0.25) is 0 Å². The highest BCUT2D eigenvalue weighted by Gasteiger charge is 2.49. The maximum atomic E-state index is 11.2. The molecule has 1 saturated heterocycles. The normalized spacial score (nSPS) is 32.1. The van der Waals surface area contributed by atoms with Gasteiger partial charge in [0, 0.05) is 20.8 Å². The molecule has 8 nitrogen and oxygen atoms in total. The van der Waals surface area contributed by atoms with Crippen molar-refractivity contribution in [3.63, 3.8) is 0 Å². The van der Waals surface area contributed by atoms with E-state index in [1.807, 2.05) is 0 Å². The van der Waals surface area contributed by atoms with E-state index in [2.05, 4.69) is 0 Å². The Hall–Kier alpha value is -1.38. The minimum absolute atomic E-state index is 0.263. The Morgan fingerprint density at radius 1 is 1.05 bits per heavy atom. The molecule has 0 unspecified atom stereocenters. The molecule has 1 N–H and O–H groups in total. The second-order valence-corrected chi connectivity index (χ2v) is 4.90. The molecule has 9 heteroatoms. The van der Waals surface area contributed by atoms with Crippen molar-refractivity contribution in [2.24, 2.45) is 0 Å². The number of ether oxygens (including phenoxy) is 4. The van der Waals surface area contributed by atoms with Crippen LogP contribution in [-0.4, -0.2) is 59.6 Å². The first-order valence-corrected chi connectivity index (χ1v) is 6.61. The molecule has 0 amide bonds. The predicted molar refractivity (Wildman–Crippen MR) is 68.3 cm³/mol. The summed E-state index contributed by atoms with van der Waals surface area (Å²) in [4.78, 5) is 33.2. The molecule has 0 saturated carbocycles. The van der Waals surface area contributed by atoms with Crippen molar-refractivity contribution in [2.45, 2.75) is 50.8 Å². The third-order valence-corrected chi connectivity index (χ3v) is 3.02. The first-order chi connectivity index (χ1) is 9.72. The molecule has 0 spiro atoms. The standard InChI is InChI=1S/C12H17ClO8/c1-5(14)18-4-8-10(19-6(2)15)11(20-7(3)16)9(17)12(13)21-8/h8-12,17H,4H2,1-3H3/t8-,9-,10-,11-,12+/m1/s1. The van der Waals surface area contributed by atoms with E-state index in [4.69, 9.17) is 30.5 Å². The molecular weight excluding hydrogens is 308 g/mol. The van der Waals surface area contributed by atoms with E-state index >= 15 is 0 Å². The van der Waals surface area contributed by atoms with Crippen molar-refractivity contribution in [1.82, 2.24) is 0 Å². The first kappa shape index (κ1) is 17.7. The van der Waals surface area contributed by atoms with Gasteiger partial charge < -0.3 is 24.1 Å². The SMILES string of the molecule is CC(=O)OC[C@H]1O[C@H](Cl)[C@H](O)[C@@H](OC(C)=O)[C@@H]1OC(C)=O. The highest BCUT2D eigenvalue weighted by atomic mass is 35.5. The molecule has 0 aliphatic carbocycles. The molecule has 0 bridgehead atoms. The highest BCUT2D eigenvalue weighted by Crippen LogP contribution is 2.28. The molecule has 120 valence electrons. The molecular formula is C12H17ClO8. The molecule has 0 aromatic carbocycles. The van der Waals surface area contributed by atoms with Crippen LogP contribution in [0.4, 0.5) is 0 Å². The van der Waals surface area contributed by atoms with Crippen LogP contribution >= 0.6 is 11.6 Å². The van der Waals surface area contributed by atoms with Gasteiger partial charge in [-0.3, -0.25) is 14.4 Å². The second-order valence-electron chi connectivity index (χ2n) is 4.47. The zero-order valence-corrected chi connectivity index (χ0v) is 12.5. The zero-order chi connectivity index (χ0) is 16.2. The lowest BCUT2D eigenvalue weighted by molar-refractivity contribution is -0.232. The zero-order valence-electron chi connectivity index (χ0n) is 11.8. The average Bonchev–Trinajstić information content (AvgIpc) is 2.35. The average molecular weight is 325 g/mol. The Kier molecular flexibility index (Phi) is 6.38. The summed E-state index contributed by atoms with van der Waals surface area (Å²) in [5.41, 5.74) is -1.21. The minimum Gasteiger partial charge on any atom is -0.463 e. The number of esters is 3. The highest BCUT2D eigenvalue weighted by molar-refractivity contribution is 6.20. The fraction of sp³-hybridized carbons (Fsp3) is 0.750. The van der Waals surface area contributed by atoms with Crippen LogP contribution in [0.25, 0.3) is 0 Å². The Morgan fingerprint density at radius 3 is 2.05 bits per heavy atom. The number of aliphatic hydroxyl groups excluding tert-OH is 1. The van der Waals surface area contributed by atoms with Gasteiger partial charge in [0.25, 0.3) is 0 Å². The fourth-order valence-corrected chi connectivity index (χ4v) is 2.15. The van der Waals surface area contributed by atoms with Gasteiger partial charge in [-0.1, -0.05) is 11.6 Å². The van der Waals surface area contributed by atoms with Gasteiger partial charge in [-0.15, -0.1) is 0 Å². The van der Waals surface area contributed by atoms with Gasteiger partial charge in [0.1, 0.15) is 18.8 Å². The number of halogens is 1. The number of carbonyl (C=O) groups is 3. The summed E-state index contributed by atoms with van der Waals surface area (Å²) in [5, 5.41) is 9.93. The first-order valence-electron chi connectivity index (χ1n) is 6.17. The lowest BCUT2D eigenvalue weighted by Gasteiger charge is -2.41. The van der Waals surface area contributed by atoms with Gasteiger partial charge in [-0.2, -0.15) is 0 Å². The van der Waals surface area contributed by atoms with E-state index in [0.717, 1.165) is 13.8 Å². The van der Waals surface area contributed by atoms with E-state index in [1.54, 1.807) is 0 Å². The number of hydrogen-bond donors (Lipinski definition) is 1. The monoisotopic (exact) mass is 324 g/mol. The minimum atomic E-state index is -1.39. The number of alkyl halides is 1. The second kappa shape index (κ2) is 7.58. The Balaban J connectivity index is 2.94. The molecule has 21 heavy (non-hydrogen) atoms. The van der Waals surface area contributed by atoms with Gasteiger partial charge >= 0.3 is 17.9 Å². The van der Waals surface area contributed by atoms with Gasteiger partial charge in [0.2, 0.25) is 0 Å². The van der Waals surface area contributed by atoms with Crippen molar-refractivity contribution in [3.8, 4) is 0 Å². The van der Waals surface area contributed by atoms with E-state index in [-0.39, 0.29) is 6.61 Å². The van der Waals surface area contributed by atoms with Gasteiger partial charge in [0.05, 0.1) is 0 Å². The Labute approximate surface area is 126 Å². The molecule has 0 radical (unpaired) electrons. The molecule has 1 rings (SSSR count). The number of rotatable bonds is 4. The third kappa shape index (κ3) is 5.14. The Morgan fingerprint density at radius 2 is 1.57 bits per heavy atom. The van der Waals surface area contributed by atoms with Crippen LogP contribution in [-0.2, 0) is 33.3 Å². The Bertz CT molecular complexity index is 412. The van der Waals surface area contributed by atoms with Crippen molar-refractivity contribution < 1.29 is 38.4 Å². The summed E-state index contributed by atoms with van der Waals surface area (Å²) >= 11 is 5.81. The molecule has 5 atom stereocenters. The van der Waals surface area contributed by atoms with Gasteiger partial charge in [0.15, 0.2) is 17.8 Å². The van der Waals surface area contributed by atoms with Crippen molar-refractivity contribution in [3.05, 3.63) is 0 Å². The third-order valence-electron chi connectivity index (χ3n) is 2.66. The summed E-state index contributed by atoms with van der Waals surface area (Å²) in [6.07, 6.45) is -4.72. The molecule has 1 aliphatic heterocycles. The van der Waals surface area contributed by atoms with E-state index in [0.29, 0.717) is 0 Å². The van der Waals surface area contributed by atoms with Crippen LogP contribution in [0.1, 0.15) is 20.8 Å². The number of aliphatic hydroxyl groups is 1. The van der Waals surface area contributed by atoms with Crippen LogP contribution < -0.4 is 0 Å². The quantitative estimate of drug-likeness (QED) is 0.428. The van der Waals surface area contributed by atoms with E-state index in [9.17, 15) is 19.5 Å². The van der Waals surface area contributed by atoms with E-state index in [1.165, 1.54) is 6.92 Å². The molecule has 1 aliphatic rings. The maximum absolute atomic E-state index is 11.2. The van der Waals surface area contributed by atoms with Gasteiger partial charge in [-0.25, -0.2) is 0 Å².